The summed E-state index contributed by atoms with van der Waals surface area (Å²) < 4.78 is 11.4. The summed E-state index contributed by atoms with van der Waals surface area (Å²) in [6.07, 6.45) is 0. The molecule has 2 aromatic carbocycles. The zero-order valence-electron chi connectivity index (χ0n) is 17.6. The van der Waals surface area contributed by atoms with Crippen LogP contribution in [0.3, 0.4) is 0 Å². The third-order valence-electron chi connectivity index (χ3n) is 5.97. The van der Waals surface area contributed by atoms with Crippen molar-refractivity contribution in [2.24, 2.45) is 0 Å². The summed E-state index contributed by atoms with van der Waals surface area (Å²) >= 11 is 6.49. The van der Waals surface area contributed by atoms with Crippen LogP contribution in [-0.4, -0.2) is 43.7 Å². The van der Waals surface area contributed by atoms with Gasteiger partial charge < -0.3 is 14.5 Å². The number of hydrogen-bond donors (Lipinski definition) is 1. The van der Waals surface area contributed by atoms with Crippen LogP contribution in [0, 0.1) is 20.8 Å². The summed E-state index contributed by atoms with van der Waals surface area (Å²) in [6.45, 7) is 9.44. The number of amides is 1. The van der Waals surface area contributed by atoms with Crippen LogP contribution in [0.25, 0.3) is 11.0 Å². The van der Waals surface area contributed by atoms with E-state index in [1.165, 1.54) is 5.56 Å². The summed E-state index contributed by atoms with van der Waals surface area (Å²) in [6, 6.07) is 11.9. The van der Waals surface area contributed by atoms with Crippen molar-refractivity contribution in [2.75, 3.05) is 32.8 Å². The lowest BCUT2D eigenvalue weighted by Crippen LogP contribution is -2.44. The Kier molecular flexibility index (Phi) is 6.14. The van der Waals surface area contributed by atoms with E-state index < -0.39 is 0 Å². The number of carbonyl (C=O) groups is 1. The Labute approximate surface area is 181 Å². The molecule has 1 saturated heterocycles. The molecule has 5 nitrogen and oxygen atoms in total. The number of ether oxygens (including phenoxy) is 1. The first kappa shape index (κ1) is 20.9. The molecule has 0 radical (unpaired) electrons. The van der Waals surface area contributed by atoms with Crippen LogP contribution in [0.15, 0.2) is 40.8 Å². The Bertz CT molecular complexity index is 1070. The number of fused-ring (bicyclic) bond motifs is 1. The number of aryl methyl sites for hydroxylation is 3. The van der Waals surface area contributed by atoms with Gasteiger partial charge in [-0.1, -0.05) is 29.8 Å². The van der Waals surface area contributed by atoms with E-state index in [9.17, 15) is 4.79 Å². The van der Waals surface area contributed by atoms with Gasteiger partial charge >= 0.3 is 0 Å². The molecule has 2 heterocycles. The van der Waals surface area contributed by atoms with E-state index in [1.807, 2.05) is 44.2 Å². The van der Waals surface area contributed by atoms with Gasteiger partial charge in [-0.2, -0.15) is 0 Å². The average Bonchev–Trinajstić information content (AvgIpc) is 3.06. The van der Waals surface area contributed by atoms with E-state index >= 15 is 0 Å². The number of rotatable bonds is 5. The number of benzene rings is 2. The first-order valence-electron chi connectivity index (χ1n) is 10.3. The van der Waals surface area contributed by atoms with Crippen molar-refractivity contribution in [2.45, 2.75) is 26.8 Å². The minimum Gasteiger partial charge on any atom is -0.451 e. The molecule has 1 unspecified atom stereocenters. The molecule has 3 aromatic rings. The molecule has 0 aliphatic carbocycles. The van der Waals surface area contributed by atoms with Gasteiger partial charge in [-0.05, 0) is 55.7 Å². The zero-order valence-corrected chi connectivity index (χ0v) is 18.4. The highest BCUT2D eigenvalue weighted by atomic mass is 35.5. The van der Waals surface area contributed by atoms with Crippen molar-refractivity contribution < 1.29 is 13.9 Å². The van der Waals surface area contributed by atoms with Gasteiger partial charge in [0, 0.05) is 35.6 Å². The number of nitrogens with zero attached hydrogens (tertiary/aromatic N) is 1. The second kappa shape index (κ2) is 8.80. The molecule has 1 aromatic heterocycles. The molecule has 4 rings (SSSR count). The lowest BCUT2D eigenvalue weighted by Gasteiger charge is -2.35. The van der Waals surface area contributed by atoms with E-state index in [-0.39, 0.29) is 11.9 Å². The summed E-state index contributed by atoms with van der Waals surface area (Å²) in [5, 5.41) is 4.77. The number of morpholine rings is 1. The molecular weight excluding hydrogens is 400 g/mol. The van der Waals surface area contributed by atoms with E-state index in [2.05, 4.69) is 23.2 Å². The van der Waals surface area contributed by atoms with E-state index in [1.54, 1.807) is 0 Å². The largest absolute Gasteiger partial charge is 0.451 e. The van der Waals surface area contributed by atoms with Crippen molar-refractivity contribution in [3.8, 4) is 0 Å². The SMILES string of the molecule is Cc1cc2oc(C(=O)NCC(c3ccccc3Cl)N3CCOCC3)c(C)c2cc1C. The predicted octanol–water partition coefficient (Wildman–Crippen LogP) is 4.81. The van der Waals surface area contributed by atoms with E-state index in [0.29, 0.717) is 30.5 Å². The minimum atomic E-state index is -0.204. The van der Waals surface area contributed by atoms with Crippen LogP contribution in [0.1, 0.15) is 38.9 Å². The third-order valence-corrected chi connectivity index (χ3v) is 6.31. The smallest absolute Gasteiger partial charge is 0.287 e. The minimum absolute atomic E-state index is 0.0271. The Morgan fingerprint density at radius 1 is 1.13 bits per heavy atom. The maximum Gasteiger partial charge on any atom is 0.287 e. The molecule has 6 heteroatoms. The van der Waals surface area contributed by atoms with E-state index in [4.69, 9.17) is 20.8 Å². The molecule has 0 spiro atoms. The number of nitrogens with one attached hydrogen (secondary N) is 1. The van der Waals surface area contributed by atoms with Gasteiger partial charge in [-0.15, -0.1) is 0 Å². The number of furan rings is 1. The van der Waals surface area contributed by atoms with Crippen LogP contribution in [0.5, 0.6) is 0 Å². The molecule has 1 fully saturated rings. The molecular formula is C24H27ClN2O3. The van der Waals surface area contributed by atoms with Crippen LogP contribution < -0.4 is 5.32 Å². The molecule has 30 heavy (non-hydrogen) atoms. The number of hydrogen-bond acceptors (Lipinski definition) is 4. The second-order valence-corrected chi connectivity index (χ2v) is 8.29. The monoisotopic (exact) mass is 426 g/mol. The lowest BCUT2D eigenvalue weighted by molar-refractivity contribution is 0.0162. The zero-order chi connectivity index (χ0) is 21.3. The quantitative estimate of drug-likeness (QED) is 0.635. The normalized spacial score (nSPS) is 16.0. The van der Waals surface area contributed by atoms with Crippen molar-refractivity contribution in [1.29, 1.82) is 0 Å². The Morgan fingerprint density at radius 3 is 2.57 bits per heavy atom. The van der Waals surface area contributed by atoms with Crippen LogP contribution in [-0.2, 0) is 4.74 Å². The van der Waals surface area contributed by atoms with Gasteiger partial charge in [0.05, 0.1) is 19.3 Å². The highest BCUT2D eigenvalue weighted by Gasteiger charge is 2.26. The molecule has 1 aliphatic heterocycles. The molecule has 1 N–H and O–H groups in total. The molecule has 0 saturated carbocycles. The highest BCUT2D eigenvalue weighted by Crippen LogP contribution is 2.30. The second-order valence-electron chi connectivity index (χ2n) is 7.88. The fourth-order valence-corrected chi connectivity index (χ4v) is 4.29. The maximum absolute atomic E-state index is 13.0. The van der Waals surface area contributed by atoms with Crippen molar-refractivity contribution >= 4 is 28.5 Å². The first-order chi connectivity index (χ1) is 14.5. The van der Waals surface area contributed by atoms with Gasteiger partial charge in [0.15, 0.2) is 5.76 Å². The number of carbonyl (C=O) groups excluding carboxylic acids is 1. The average molecular weight is 427 g/mol. The summed E-state index contributed by atoms with van der Waals surface area (Å²) in [5.41, 5.74) is 4.95. The maximum atomic E-state index is 13.0. The summed E-state index contributed by atoms with van der Waals surface area (Å²) in [4.78, 5) is 15.3. The van der Waals surface area contributed by atoms with Crippen LogP contribution in [0.4, 0.5) is 0 Å². The Morgan fingerprint density at radius 2 is 1.83 bits per heavy atom. The summed E-state index contributed by atoms with van der Waals surface area (Å²) in [7, 11) is 0. The van der Waals surface area contributed by atoms with Gasteiger partial charge in [-0.25, -0.2) is 0 Å². The molecule has 1 aliphatic rings. The van der Waals surface area contributed by atoms with Crippen molar-refractivity contribution in [3.05, 3.63) is 69.4 Å². The standard InChI is InChI=1S/C24H27ClN2O3/c1-15-12-19-17(3)23(30-22(19)13-16(15)2)24(28)26-14-21(27-8-10-29-11-9-27)18-6-4-5-7-20(18)25/h4-7,12-13,21H,8-11,14H2,1-3H3,(H,26,28). The van der Waals surface area contributed by atoms with Gasteiger partial charge in [0.1, 0.15) is 5.58 Å². The van der Waals surface area contributed by atoms with Crippen molar-refractivity contribution in [1.82, 2.24) is 10.2 Å². The highest BCUT2D eigenvalue weighted by molar-refractivity contribution is 6.31. The van der Waals surface area contributed by atoms with Crippen molar-refractivity contribution in [3.63, 3.8) is 0 Å². The molecule has 1 amide bonds. The molecule has 1 atom stereocenters. The third kappa shape index (κ3) is 4.10. The Hall–Kier alpha value is -2.34. The Balaban J connectivity index is 1.57. The van der Waals surface area contributed by atoms with Gasteiger partial charge in [0.2, 0.25) is 0 Å². The lowest BCUT2D eigenvalue weighted by atomic mass is 10.0. The van der Waals surface area contributed by atoms with Crippen LogP contribution >= 0.6 is 11.6 Å². The predicted molar refractivity (Wildman–Crippen MR) is 119 cm³/mol. The fourth-order valence-electron chi connectivity index (χ4n) is 4.03. The summed E-state index contributed by atoms with van der Waals surface area (Å²) in [5.74, 6) is 0.166. The van der Waals surface area contributed by atoms with E-state index in [0.717, 1.165) is 40.7 Å². The topological polar surface area (TPSA) is 54.7 Å². The molecule has 158 valence electrons. The molecule has 0 bridgehead atoms. The first-order valence-corrected chi connectivity index (χ1v) is 10.7. The number of halogens is 1. The van der Waals surface area contributed by atoms with Gasteiger partial charge in [-0.3, -0.25) is 9.69 Å². The van der Waals surface area contributed by atoms with Gasteiger partial charge in [0.25, 0.3) is 5.91 Å². The fraction of sp³-hybridized carbons (Fsp3) is 0.375. The van der Waals surface area contributed by atoms with Crippen LogP contribution in [0.2, 0.25) is 5.02 Å².